The van der Waals surface area contributed by atoms with Crippen molar-refractivity contribution < 1.29 is 13.9 Å². The minimum Gasteiger partial charge on any atom is -0.393 e. The Morgan fingerprint density at radius 1 is 1.25 bits per heavy atom. The van der Waals surface area contributed by atoms with Gasteiger partial charge in [0.2, 0.25) is 0 Å². The Balaban J connectivity index is 1.64. The average Bonchev–Trinajstić information content (AvgIpc) is 3.01. The van der Waals surface area contributed by atoms with Crippen LogP contribution in [0.25, 0.3) is 0 Å². The molecule has 0 amide bonds. The highest BCUT2D eigenvalue weighted by molar-refractivity contribution is 9.10. The minimum atomic E-state index is -0.655. The highest BCUT2D eigenvalue weighted by atomic mass is 79.9. The van der Waals surface area contributed by atoms with E-state index in [1.54, 1.807) is 0 Å². The summed E-state index contributed by atoms with van der Waals surface area (Å²) in [7, 11) is 0. The van der Waals surface area contributed by atoms with Crippen molar-refractivity contribution in [3.8, 4) is 0 Å². The molecule has 0 aromatic heterocycles. The number of halogens is 3. The lowest BCUT2D eigenvalue weighted by molar-refractivity contribution is 0.123. The zero-order valence-corrected chi connectivity index (χ0v) is 12.9. The second-order valence-electron chi connectivity index (χ2n) is 6.35. The molecule has 2 aliphatic carbocycles. The van der Waals surface area contributed by atoms with Gasteiger partial charge >= 0.3 is 0 Å². The van der Waals surface area contributed by atoms with E-state index in [1.165, 1.54) is 37.8 Å². The van der Waals surface area contributed by atoms with Crippen LogP contribution in [0, 0.1) is 29.4 Å². The van der Waals surface area contributed by atoms with Gasteiger partial charge in [-0.1, -0.05) is 6.42 Å². The zero-order valence-electron chi connectivity index (χ0n) is 11.3. The quantitative estimate of drug-likeness (QED) is 0.799. The number of aliphatic hydroxyl groups is 1. The van der Waals surface area contributed by atoms with Gasteiger partial charge < -0.3 is 5.11 Å². The molecule has 2 saturated carbocycles. The van der Waals surface area contributed by atoms with Crippen molar-refractivity contribution in [2.24, 2.45) is 17.8 Å². The molecule has 20 heavy (non-hydrogen) atoms. The maximum atomic E-state index is 13.9. The second kappa shape index (κ2) is 5.72. The Morgan fingerprint density at radius 2 is 2.05 bits per heavy atom. The molecule has 4 atom stereocenters. The number of hydrogen-bond acceptors (Lipinski definition) is 1. The largest absolute Gasteiger partial charge is 0.393 e. The van der Waals surface area contributed by atoms with Crippen molar-refractivity contribution in [2.75, 3.05) is 0 Å². The van der Waals surface area contributed by atoms with Crippen molar-refractivity contribution >= 4 is 15.9 Å². The van der Waals surface area contributed by atoms with Gasteiger partial charge in [0.05, 0.1) is 10.6 Å². The van der Waals surface area contributed by atoms with E-state index in [2.05, 4.69) is 15.9 Å². The highest BCUT2D eigenvalue weighted by Gasteiger charge is 2.40. The van der Waals surface area contributed by atoms with Crippen LogP contribution in [0.5, 0.6) is 0 Å². The van der Waals surface area contributed by atoms with Crippen LogP contribution in [0.15, 0.2) is 16.6 Å². The maximum Gasteiger partial charge on any atom is 0.143 e. The molecule has 4 heteroatoms. The molecule has 0 heterocycles. The van der Waals surface area contributed by atoms with Crippen molar-refractivity contribution in [2.45, 2.75) is 44.6 Å². The molecule has 1 aromatic carbocycles. The average molecular weight is 345 g/mol. The van der Waals surface area contributed by atoms with Crippen LogP contribution < -0.4 is 0 Å². The molecule has 0 radical (unpaired) electrons. The zero-order chi connectivity index (χ0) is 14.3. The van der Waals surface area contributed by atoms with E-state index in [0.29, 0.717) is 12.3 Å². The number of hydrogen-bond donors (Lipinski definition) is 1. The molecule has 4 unspecified atom stereocenters. The first-order valence-corrected chi connectivity index (χ1v) is 8.14. The van der Waals surface area contributed by atoms with Gasteiger partial charge in [0.15, 0.2) is 0 Å². The molecular formula is C16H19BrF2O. The first kappa shape index (κ1) is 14.5. The third-order valence-electron chi connectivity index (χ3n) is 5.04. The van der Waals surface area contributed by atoms with Crippen molar-refractivity contribution in [1.29, 1.82) is 0 Å². The molecule has 0 spiro atoms. The summed E-state index contributed by atoms with van der Waals surface area (Å²) in [4.78, 5) is 0. The number of aliphatic hydroxyl groups excluding tert-OH is 1. The van der Waals surface area contributed by atoms with Gasteiger partial charge in [-0.15, -0.1) is 0 Å². The maximum absolute atomic E-state index is 13.9. The van der Waals surface area contributed by atoms with Crippen molar-refractivity contribution in [3.05, 3.63) is 33.8 Å². The molecule has 2 fully saturated rings. The molecule has 1 aromatic rings. The number of benzene rings is 1. The summed E-state index contributed by atoms with van der Waals surface area (Å²) < 4.78 is 27.8. The lowest BCUT2D eigenvalue weighted by Gasteiger charge is -2.24. The van der Waals surface area contributed by atoms with Gasteiger partial charge in [0.25, 0.3) is 0 Å². The predicted molar refractivity (Wildman–Crippen MR) is 77.3 cm³/mol. The van der Waals surface area contributed by atoms with Crippen LogP contribution >= 0.6 is 15.9 Å². The fourth-order valence-corrected chi connectivity index (χ4v) is 4.46. The highest BCUT2D eigenvalue weighted by Crippen LogP contribution is 2.50. The van der Waals surface area contributed by atoms with Gasteiger partial charge in [0.1, 0.15) is 11.6 Å². The van der Waals surface area contributed by atoms with E-state index in [1.807, 2.05) is 0 Å². The van der Waals surface area contributed by atoms with E-state index in [4.69, 9.17) is 0 Å². The lowest BCUT2D eigenvalue weighted by atomic mass is 9.84. The van der Waals surface area contributed by atoms with Gasteiger partial charge in [-0.2, -0.15) is 0 Å². The molecule has 2 aliphatic rings. The third kappa shape index (κ3) is 2.77. The summed E-state index contributed by atoms with van der Waals surface area (Å²) in [6.45, 7) is 0. The standard InChI is InChI=1S/C16H19BrF2O/c17-14-3-4-15(18)13(16(14)19)8-12(20)7-11-6-9-1-2-10(11)5-9/h3-4,9-12,20H,1-2,5-8H2. The smallest absolute Gasteiger partial charge is 0.143 e. The molecule has 110 valence electrons. The Labute approximate surface area is 126 Å². The Bertz CT molecular complexity index is 505. The summed E-state index contributed by atoms with van der Waals surface area (Å²) in [5.41, 5.74) is -0.00460. The summed E-state index contributed by atoms with van der Waals surface area (Å²) >= 11 is 3.06. The van der Waals surface area contributed by atoms with E-state index in [-0.39, 0.29) is 16.5 Å². The normalized spacial score (nSPS) is 29.9. The van der Waals surface area contributed by atoms with Gasteiger partial charge in [0, 0.05) is 12.0 Å². The predicted octanol–water partition coefficient (Wildman–Crippen LogP) is 4.46. The van der Waals surface area contributed by atoms with Gasteiger partial charge in [-0.05, 0) is 71.5 Å². The third-order valence-corrected chi connectivity index (χ3v) is 5.65. The van der Waals surface area contributed by atoms with Gasteiger partial charge in [-0.3, -0.25) is 0 Å². The summed E-state index contributed by atoms with van der Waals surface area (Å²) in [5.74, 6) is 0.945. The minimum absolute atomic E-state index is 0.00460. The molecule has 2 bridgehead atoms. The molecule has 0 aliphatic heterocycles. The molecule has 1 nitrogen and oxygen atoms in total. The molecule has 1 N–H and O–H groups in total. The Hall–Kier alpha value is -0.480. The summed E-state index contributed by atoms with van der Waals surface area (Å²) in [5, 5.41) is 10.2. The monoisotopic (exact) mass is 344 g/mol. The summed E-state index contributed by atoms with van der Waals surface area (Å²) in [6.07, 6.45) is 5.14. The SMILES string of the molecule is OC(Cc1c(F)ccc(Br)c1F)CC1CC2CCC1C2. The fraction of sp³-hybridized carbons (Fsp3) is 0.625. The number of fused-ring (bicyclic) bond motifs is 2. The van der Waals surface area contributed by atoms with Crippen molar-refractivity contribution in [3.63, 3.8) is 0 Å². The second-order valence-corrected chi connectivity index (χ2v) is 7.20. The molecule has 0 saturated heterocycles. The van der Waals surface area contributed by atoms with Crippen LogP contribution in [0.4, 0.5) is 8.78 Å². The van der Waals surface area contributed by atoms with Crippen LogP contribution in [-0.2, 0) is 6.42 Å². The number of rotatable bonds is 4. The topological polar surface area (TPSA) is 20.2 Å². The van der Waals surface area contributed by atoms with E-state index in [0.717, 1.165) is 11.8 Å². The van der Waals surface area contributed by atoms with E-state index < -0.39 is 17.7 Å². The van der Waals surface area contributed by atoms with E-state index in [9.17, 15) is 13.9 Å². The van der Waals surface area contributed by atoms with E-state index >= 15 is 0 Å². The van der Waals surface area contributed by atoms with Crippen LogP contribution in [0.2, 0.25) is 0 Å². The first-order chi connectivity index (χ1) is 9.54. The fourth-order valence-electron chi connectivity index (χ4n) is 4.09. The first-order valence-electron chi connectivity index (χ1n) is 7.35. The lowest BCUT2D eigenvalue weighted by Crippen LogP contribution is -2.21. The van der Waals surface area contributed by atoms with Gasteiger partial charge in [-0.25, -0.2) is 8.78 Å². The summed E-state index contributed by atoms with van der Waals surface area (Å²) in [6, 6.07) is 2.60. The molecule has 3 rings (SSSR count). The van der Waals surface area contributed by atoms with Crippen LogP contribution in [-0.4, -0.2) is 11.2 Å². The van der Waals surface area contributed by atoms with Crippen LogP contribution in [0.1, 0.15) is 37.7 Å². The Kier molecular flexibility index (Phi) is 4.14. The molecular weight excluding hydrogens is 326 g/mol. The van der Waals surface area contributed by atoms with Crippen LogP contribution in [0.3, 0.4) is 0 Å². The Morgan fingerprint density at radius 3 is 2.70 bits per heavy atom. The van der Waals surface area contributed by atoms with Crippen molar-refractivity contribution in [1.82, 2.24) is 0 Å².